The summed E-state index contributed by atoms with van der Waals surface area (Å²) in [5.74, 6) is 0.00948. The molecule has 1 amide bonds. The van der Waals surface area contributed by atoms with Crippen molar-refractivity contribution in [3.8, 4) is 0 Å². The topological polar surface area (TPSA) is 52.6 Å². The van der Waals surface area contributed by atoms with Gasteiger partial charge in [-0.05, 0) is 39.3 Å². The smallest absolute Gasteiger partial charge is 0.231 e. The number of nitrogens with zero attached hydrogens (tertiary/aromatic N) is 1. The van der Waals surface area contributed by atoms with E-state index in [4.69, 9.17) is 0 Å². The molecule has 1 atom stereocenters. The maximum Gasteiger partial charge on any atom is 0.231 e. The highest BCUT2D eigenvalue weighted by Gasteiger charge is 2.37. The lowest BCUT2D eigenvalue weighted by molar-refractivity contribution is -0.124. The van der Waals surface area contributed by atoms with E-state index in [1.165, 1.54) is 0 Å². The lowest BCUT2D eigenvalue weighted by Crippen LogP contribution is -2.42. The number of carbonyl (C=O) groups is 1. The summed E-state index contributed by atoms with van der Waals surface area (Å²) in [7, 11) is 0. The first-order valence-electron chi connectivity index (χ1n) is 7.10. The van der Waals surface area contributed by atoms with Crippen molar-refractivity contribution in [2.75, 3.05) is 25.0 Å². The molecule has 1 aliphatic heterocycles. The van der Waals surface area contributed by atoms with Crippen LogP contribution in [-0.4, -0.2) is 41.1 Å². The minimum absolute atomic E-state index is 0.00948. The van der Waals surface area contributed by atoms with E-state index in [-0.39, 0.29) is 5.91 Å². The second-order valence-electron chi connectivity index (χ2n) is 6.66. The van der Waals surface area contributed by atoms with Crippen LogP contribution in [0.25, 0.3) is 0 Å². The molecule has 0 saturated carbocycles. The Kier molecular flexibility index (Phi) is 4.16. The van der Waals surface area contributed by atoms with Crippen molar-refractivity contribution >= 4 is 11.6 Å². The Hall–Kier alpha value is -1.39. The molecular formula is C16H24N2O2. The van der Waals surface area contributed by atoms with E-state index in [9.17, 15) is 9.90 Å². The molecule has 1 aliphatic rings. The summed E-state index contributed by atoms with van der Waals surface area (Å²) in [4.78, 5) is 14.5. The zero-order valence-electron chi connectivity index (χ0n) is 12.5. The van der Waals surface area contributed by atoms with Gasteiger partial charge >= 0.3 is 0 Å². The molecule has 1 aromatic rings. The summed E-state index contributed by atoms with van der Waals surface area (Å²) in [5, 5.41) is 12.9. The highest BCUT2D eigenvalue weighted by atomic mass is 16.3. The van der Waals surface area contributed by atoms with Crippen LogP contribution in [0.2, 0.25) is 0 Å². The zero-order chi connectivity index (χ0) is 14.8. The van der Waals surface area contributed by atoms with Gasteiger partial charge in [0.1, 0.15) is 0 Å². The number of nitrogens with one attached hydrogen (secondary N) is 1. The Morgan fingerprint density at radius 3 is 2.60 bits per heavy atom. The third kappa shape index (κ3) is 3.81. The van der Waals surface area contributed by atoms with Crippen LogP contribution in [0.1, 0.15) is 27.2 Å². The number of rotatable bonds is 4. The van der Waals surface area contributed by atoms with Crippen LogP contribution in [0, 0.1) is 5.41 Å². The fourth-order valence-electron chi connectivity index (χ4n) is 2.63. The van der Waals surface area contributed by atoms with Crippen molar-refractivity contribution in [3.63, 3.8) is 0 Å². The SMILES string of the molecule is CC1(O)CCN(CC(C)(C)C(=O)Nc2ccccc2)C1. The highest BCUT2D eigenvalue weighted by Crippen LogP contribution is 2.26. The van der Waals surface area contributed by atoms with Gasteiger partial charge in [0.15, 0.2) is 0 Å². The third-order valence-corrected chi connectivity index (χ3v) is 3.80. The van der Waals surface area contributed by atoms with Gasteiger partial charge in [-0.15, -0.1) is 0 Å². The number of anilines is 1. The molecule has 1 heterocycles. The number of hydrogen-bond acceptors (Lipinski definition) is 3. The molecule has 1 unspecified atom stereocenters. The second-order valence-corrected chi connectivity index (χ2v) is 6.66. The molecule has 0 bridgehead atoms. The van der Waals surface area contributed by atoms with E-state index in [2.05, 4.69) is 10.2 Å². The fourth-order valence-corrected chi connectivity index (χ4v) is 2.63. The van der Waals surface area contributed by atoms with Gasteiger partial charge in [-0.1, -0.05) is 18.2 Å². The number of para-hydroxylation sites is 1. The van der Waals surface area contributed by atoms with E-state index in [0.717, 1.165) is 18.7 Å². The highest BCUT2D eigenvalue weighted by molar-refractivity contribution is 5.94. The number of carbonyl (C=O) groups excluding carboxylic acids is 1. The van der Waals surface area contributed by atoms with E-state index < -0.39 is 11.0 Å². The normalized spacial score (nSPS) is 23.8. The van der Waals surface area contributed by atoms with Crippen molar-refractivity contribution in [1.29, 1.82) is 0 Å². The first-order valence-corrected chi connectivity index (χ1v) is 7.10. The average Bonchev–Trinajstić information content (AvgIpc) is 2.69. The Morgan fingerprint density at radius 1 is 1.40 bits per heavy atom. The molecule has 4 nitrogen and oxygen atoms in total. The molecule has 0 spiro atoms. The minimum atomic E-state index is -0.619. The second kappa shape index (κ2) is 5.54. The molecule has 20 heavy (non-hydrogen) atoms. The third-order valence-electron chi connectivity index (χ3n) is 3.80. The van der Waals surface area contributed by atoms with Crippen LogP contribution >= 0.6 is 0 Å². The summed E-state index contributed by atoms with van der Waals surface area (Å²) in [5.41, 5.74) is -0.290. The first kappa shape index (κ1) is 15.0. The number of β-amino-alcohol motifs (C(OH)–C–C–N with tert-alkyl or cyclic N) is 1. The van der Waals surface area contributed by atoms with Gasteiger partial charge in [-0.2, -0.15) is 0 Å². The van der Waals surface area contributed by atoms with Gasteiger partial charge in [0.2, 0.25) is 5.91 Å². The molecular weight excluding hydrogens is 252 g/mol. The predicted octanol–water partition coefficient (Wildman–Crippen LogP) is 2.11. The minimum Gasteiger partial charge on any atom is -0.389 e. The quantitative estimate of drug-likeness (QED) is 0.885. The Balaban J connectivity index is 1.94. The number of hydrogen-bond donors (Lipinski definition) is 2. The number of benzene rings is 1. The van der Waals surface area contributed by atoms with Crippen molar-refractivity contribution in [2.24, 2.45) is 5.41 Å². The molecule has 0 aromatic heterocycles. The summed E-state index contributed by atoms with van der Waals surface area (Å²) >= 11 is 0. The Labute approximate surface area is 120 Å². The van der Waals surface area contributed by atoms with Crippen molar-refractivity contribution in [3.05, 3.63) is 30.3 Å². The van der Waals surface area contributed by atoms with Gasteiger partial charge in [-0.25, -0.2) is 0 Å². The molecule has 110 valence electrons. The monoisotopic (exact) mass is 276 g/mol. The molecule has 2 N–H and O–H groups in total. The maximum atomic E-state index is 12.4. The van der Waals surface area contributed by atoms with Crippen molar-refractivity contribution in [1.82, 2.24) is 4.90 Å². The average molecular weight is 276 g/mol. The Bertz CT molecular complexity index is 469. The van der Waals surface area contributed by atoms with Gasteiger partial charge in [0, 0.05) is 25.3 Å². The van der Waals surface area contributed by atoms with E-state index >= 15 is 0 Å². The zero-order valence-corrected chi connectivity index (χ0v) is 12.5. The van der Waals surface area contributed by atoms with Crippen LogP contribution in [0.3, 0.4) is 0 Å². The summed E-state index contributed by atoms with van der Waals surface area (Å²) in [6.07, 6.45) is 0.767. The van der Waals surface area contributed by atoms with Crippen LogP contribution in [0.4, 0.5) is 5.69 Å². The van der Waals surface area contributed by atoms with Crippen LogP contribution in [-0.2, 0) is 4.79 Å². The lowest BCUT2D eigenvalue weighted by Gasteiger charge is -2.29. The number of likely N-dealkylation sites (tertiary alicyclic amines) is 1. The predicted molar refractivity (Wildman–Crippen MR) is 80.5 cm³/mol. The fraction of sp³-hybridized carbons (Fsp3) is 0.562. The largest absolute Gasteiger partial charge is 0.389 e. The number of amides is 1. The molecule has 0 aliphatic carbocycles. The van der Waals surface area contributed by atoms with Gasteiger partial charge in [0.25, 0.3) is 0 Å². The summed E-state index contributed by atoms with van der Waals surface area (Å²) in [6.45, 7) is 7.87. The molecule has 4 heteroatoms. The molecule has 1 fully saturated rings. The molecule has 1 saturated heterocycles. The van der Waals surface area contributed by atoms with Crippen LogP contribution in [0.5, 0.6) is 0 Å². The summed E-state index contributed by atoms with van der Waals surface area (Å²) in [6, 6.07) is 9.50. The van der Waals surface area contributed by atoms with E-state index in [1.807, 2.05) is 51.1 Å². The first-order chi connectivity index (χ1) is 9.28. The maximum absolute atomic E-state index is 12.4. The van der Waals surface area contributed by atoms with Gasteiger partial charge < -0.3 is 10.4 Å². The molecule has 1 aromatic carbocycles. The van der Waals surface area contributed by atoms with Crippen molar-refractivity contribution < 1.29 is 9.90 Å². The number of aliphatic hydroxyl groups is 1. The van der Waals surface area contributed by atoms with E-state index in [0.29, 0.717) is 13.1 Å². The van der Waals surface area contributed by atoms with Crippen LogP contribution < -0.4 is 5.32 Å². The Morgan fingerprint density at radius 2 is 2.05 bits per heavy atom. The summed E-state index contributed by atoms with van der Waals surface area (Å²) < 4.78 is 0. The standard InChI is InChI=1S/C16H24N2O2/c1-15(2,11-18-10-9-16(3,20)12-18)14(19)17-13-7-5-4-6-8-13/h4-8,20H,9-12H2,1-3H3,(H,17,19). The molecule has 2 rings (SSSR count). The van der Waals surface area contributed by atoms with Gasteiger partial charge in [-0.3, -0.25) is 9.69 Å². The molecule has 0 radical (unpaired) electrons. The van der Waals surface area contributed by atoms with Gasteiger partial charge in [0.05, 0.1) is 11.0 Å². The lowest BCUT2D eigenvalue weighted by atomic mass is 9.91. The van der Waals surface area contributed by atoms with Crippen LogP contribution in [0.15, 0.2) is 30.3 Å². The van der Waals surface area contributed by atoms with E-state index in [1.54, 1.807) is 0 Å². The van der Waals surface area contributed by atoms with Crippen molar-refractivity contribution in [2.45, 2.75) is 32.8 Å².